The van der Waals surface area contributed by atoms with Crippen LogP contribution in [0.25, 0.3) is 22.0 Å². The van der Waals surface area contributed by atoms with Gasteiger partial charge in [0, 0.05) is 12.4 Å². The number of hydrogen-bond donors (Lipinski definition) is 1. The van der Waals surface area contributed by atoms with Crippen LogP contribution in [0, 0.1) is 0 Å². The molecule has 1 aromatic carbocycles. The summed E-state index contributed by atoms with van der Waals surface area (Å²) in [6, 6.07) is 9.45. The van der Waals surface area contributed by atoms with Crippen LogP contribution < -0.4 is 5.56 Å². The van der Waals surface area contributed by atoms with Gasteiger partial charge >= 0.3 is 0 Å². The highest BCUT2D eigenvalue weighted by molar-refractivity contribution is 5.83. The van der Waals surface area contributed by atoms with Gasteiger partial charge in [-0.25, -0.2) is 4.98 Å². The van der Waals surface area contributed by atoms with Gasteiger partial charge in [0.1, 0.15) is 0 Å². The van der Waals surface area contributed by atoms with Crippen LogP contribution >= 0.6 is 0 Å². The molecule has 2 heterocycles. The van der Waals surface area contributed by atoms with Gasteiger partial charge < -0.3 is 4.98 Å². The van der Waals surface area contributed by atoms with Crippen molar-refractivity contribution in [3.05, 3.63) is 59.4 Å². The van der Waals surface area contributed by atoms with Crippen molar-refractivity contribution in [3.63, 3.8) is 0 Å². The van der Waals surface area contributed by atoms with E-state index >= 15 is 0 Å². The summed E-state index contributed by atoms with van der Waals surface area (Å²) in [6.45, 7) is 0. The molecule has 1 N–H and O–H groups in total. The van der Waals surface area contributed by atoms with E-state index in [1.807, 2.05) is 24.3 Å². The van der Waals surface area contributed by atoms with E-state index in [1.165, 1.54) is 6.33 Å². The summed E-state index contributed by atoms with van der Waals surface area (Å²) >= 11 is 0. The van der Waals surface area contributed by atoms with Gasteiger partial charge in [-0.2, -0.15) is 0 Å². The van der Waals surface area contributed by atoms with Crippen LogP contribution in [0.15, 0.2) is 53.8 Å². The average molecular weight is 223 g/mol. The van der Waals surface area contributed by atoms with E-state index < -0.39 is 0 Å². The SMILES string of the molecule is O=c1[nH]cnc2cc(-c3ccncc3)ccc12. The highest BCUT2D eigenvalue weighted by Gasteiger charge is 2.02. The van der Waals surface area contributed by atoms with E-state index in [1.54, 1.807) is 18.5 Å². The summed E-state index contributed by atoms with van der Waals surface area (Å²) in [5.41, 5.74) is 2.67. The molecular weight excluding hydrogens is 214 g/mol. The molecule has 0 unspecified atom stereocenters. The third-order valence-corrected chi connectivity index (χ3v) is 2.66. The third-order valence-electron chi connectivity index (χ3n) is 2.66. The summed E-state index contributed by atoms with van der Waals surface area (Å²) < 4.78 is 0. The van der Waals surface area contributed by atoms with Crippen molar-refractivity contribution < 1.29 is 0 Å². The number of pyridine rings is 1. The number of fused-ring (bicyclic) bond motifs is 1. The van der Waals surface area contributed by atoms with Crippen molar-refractivity contribution in [3.8, 4) is 11.1 Å². The molecule has 0 saturated carbocycles. The van der Waals surface area contributed by atoms with Crippen molar-refractivity contribution in [1.29, 1.82) is 0 Å². The number of hydrogen-bond acceptors (Lipinski definition) is 3. The Kier molecular flexibility index (Phi) is 2.19. The predicted molar refractivity (Wildman–Crippen MR) is 65.6 cm³/mol. The maximum atomic E-state index is 11.5. The molecule has 4 nitrogen and oxygen atoms in total. The zero-order valence-corrected chi connectivity index (χ0v) is 8.92. The molecule has 0 aliphatic carbocycles. The Labute approximate surface area is 97.0 Å². The highest BCUT2D eigenvalue weighted by atomic mass is 16.1. The Balaban J connectivity index is 2.25. The first-order valence-electron chi connectivity index (χ1n) is 5.22. The van der Waals surface area contributed by atoms with Gasteiger partial charge in [-0.05, 0) is 35.4 Å². The highest BCUT2D eigenvalue weighted by Crippen LogP contribution is 2.20. The summed E-state index contributed by atoms with van der Waals surface area (Å²) in [7, 11) is 0. The van der Waals surface area contributed by atoms with Gasteiger partial charge in [-0.1, -0.05) is 6.07 Å². The largest absolute Gasteiger partial charge is 0.313 e. The van der Waals surface area contributed by atoms with Gasteiger partial charge in [0.15, 0.2) is 0 Å². The van der Waals surface area contributed by atoms with Crippen LogP contribution in [-0.2, 0) is 0 Å². The van der Waals surface area contributed by atoms with E-state index in [2.05, 4.69) is 15.0 Å². The zero-order valence-electron chi connectivity index (χ0n) is 8.92. The molecule has 0 radical (unpaired) electrons. The van der Waals surface area contributed by atoms with Gasteiger partial charge in [0.25, 0.3) is 5.56 Å². The average Bonchev–Trinajstić information content (AvgIpc) is 2.40. The summed E-state index contributed by atoms with van der Waals surface area (Å²) in [6.07, 6.45) is 4.90. The second-order valence-corrected chi connectivity index (χ2v) is 3.70. The maximum absolute atomic E-state index is 11.5. The standard InChI is InChI=1S/C13H9N3O/c17-13-11-2-1-10(7-12(11)15-8-16-13)9-3-5-14-6-4-9/h1-8H,(H,15,16,17). The molecular formula is C13H9N3O. The zero-order chi connectivity index (χ0) is 11.7. The van der Waals surface area contributed by atoms with Crippen LogP contribution in [0.3, 0.4) is 0 Å². The second kappa shape index (κ2) is 3.83. The number of nitrogens with zero attached hydrogens (tertiary/aromatic N) is 2. The third kappa shape index (κ3) is 1.69. The fourth-order valence-corrected chi connectivity index (χ4v) is 1.79. The number of aromatic nitrogens is 3. The van der Waals surface area contributed by atoms with E-state index in [4.69, 9.17) is 0 Å². The Bertz CT molecular complexity index is 719. The summed E-state index contributed by atoms with van der Waals surface area (Å²) in [5, 5.41) is 0.602. The molecule has 3 rings (SSSR count). The van der Waals surface area contributed by atoms with Crippen molar-refractivity contribution in [2.75, 3.05) is 0 Å². The molecule has 4 heteroatoms. The maximum Gasteiger partial charge on any atom is 0.258 e. The summed E-state index contributed by atoms with van der Waals surface area (Å²) in [4.78, 5) is 22.2. The lowest BCUT2D eigenvalue weighted by molar-refractivity contribution is 1.17. The van der Waals surface area contributed by atoms with Crippen LogP contribution in [-0.4, -0.2) is 15.0 Å². The minimum atomic E-state index is -0.115. The molecule has 0 saturated heterocycles. The minimum absolute atomic E-state index is 0.115. The Morgan fingerprint density at radius 1 is 1.00 bits per heavy atom. The monoisotopic (exact) mass is 223 g/mol. The van der Waals surface area contributed by atoms with Gasteiger partial charge in [0.05, 0.1) is 17.2 Å². The van der Waals surface area contributed by atoms with Crippen molar-refractivity contribution in [2.24, 2.45) is 0 Å². The van der Waals surface area contributed by atoms with E-state index in [0.717, 1.165) is 11.1 Å². The number of rotatable bonds is 1. The predicted octanol–water partition coefficient (Wildman–Crippen LogP) is 1.99. The van der Waals surface area contributed by atoms with Gasteiger partial charge in [-0.3, -0.25) is 9.78 Å². The lowest BCUT2D eigenvalue weighted by Crippen LogP contribution is -2.05. The first-order chi connectivity index (χ1) is 8.34. The molecule has 0 amide bonds. The molecule has 0 atom stereocenters. The minimum Gasteiger partial charge on any atom is -0.313 e. The van der Waals surface area contributed by atoms with Crippen LogP contribution in [0.4, 0.5) is 0 Å². The van der Waals surface area contributed by atoms with Crippen molar-refractivity contribution in [1.82, 2.24) is 15.0 Å². The van der Waals surface area contributed by atoms with E-state index in [0.29, 0.717) is 10.9 Å². The fraction of sp³-hybridized carbons (Fsp3) is 0. The number of nitrogens with one attached hydrogen (secondary N) is 1. The van der Waals surface area contributed by atoms with Crippen LogP contribution in [0.1, 0.15) is 0 Å². The van der Waals surface area contributed by atoms with Crippen molar-refractivity contribution in [2.45, 2.75) is 0 Å². The molecule has 0 spiro atoms. The number of aromatic amines is 1. The Hall–Kier alpha value is -2.49. The molecule has 17 heavy (non-hydrogen) atoms. The summed E-state index contributed by atoms with van der Waals surface area (Å²) in [5.74, 6) is 0. The van der Waals surface area contributed by atoms with E-state index in [9.17, 15) is 4.79 Å². The molecule has 0 aliphatic rings. The van der Waals surface area contributed by atoms with Gasteiger partial charge in [0.2, 0.25) is 0 Å². The van der Waals surface area contributed by atoms with E-state index in [-0.39, 0.29) is 5.56 Å². The normalized spacial score (nSPS) is 10.6. The lowest BCUT2D eigenvalue weighted by atomic mass is 10.1. The first kappa shape index (κ1) is 9.72. The number of benzene rings is 1. The van der Waals surface area contributed by atoms with Crippen LogP contribution in [0.5, 0.6) is 0 Å². The fourth-order valence-electron chi connectivity index (χ4n) is 1.79. The molecule has 0 fully saturated rings. The topological polar surface area (TPSA) is 58.6 Å². The van der Waals surface area contributed by atoms with Gasteiger partial charge in [-0.15, -0.1) is 0 Å². The second-order valence-electron chi connectivity index (χ2n) is 3.70. The van der Waals surface area contributed by atoms with Crippen molar-refractivity contribution >= 4 is 10.9 Å². The number of H-pyrrole nitrogens is 1. The Morgan fingerprint density at radius 3 is 2.65 bits per heavy atom. The molecule has 82 valence electrons. The molecule has 2 aromatic heterocycles. The first-order valence-corrected chi connectivity index (χ1v) is 5.22. The lowest BCUT2D eigenvalue weighted by Gasteiger charge is -2.02. The van der Waals surface area contributed by atoms with Crippen LogP contribution in [0.2, 0.25) is 0 Å². The smallest absolute Gasteiger partial charge is 0.258 e. The molecule has 3 aromatic rings. The molecule has 0 aliphatic heterocycles. The Morgan fingerprint density at radius 2 is 1.82 bits per heavy atom. The molecule has 0 bridgehead atoms. The quantitative estimate of drug-likeness (QED) is 0.686.